The van der Waals surface area contributed by atoms with E-state index in [2.05, 4.69) is 24.2 Å². The van der Waals surface area contributed by atoms with Crippen LogP contribution in [0.25, 0.3) is 0 Å². The molecule has 0 bridgehead atoms. The Hall–Kier alpha value is -0.600. The zero-order valence-electron chi connectivity index (χ0n) is 6.88. The molecule has 0 atom stereocenters. The van der Waals surface area contributed by atoms with Crippen molar-refractivity contribution < 1.29 is 0 Å². The molecule has 0 rings (SSSR count). The molecule has 0 aromatic rings. The van der Waals surface area contributed by atoms with Crippen LogP contribution in [-0.4, -0.2) is 6.54 Å². The summed E-state index contributed by atoms with van der Waals surface area (Å²) in [5, 5.41) is 6.85. The van der Waals surface area contributed by atoms with E-state index in [1.54, 1.807) is 0 Å². The van der Waals surface area contributed by atoms with Gasteiger partial charge in [-0.2, -0.15) is 5.11 Å². The van der Waals surface area contributed by atoms with Gasteiger partial charge in [0.15, 0.2) is 0 Å². The van der Waals surface area contributed by atoms with Crippen molar-refractivity contribution >= 4 is 0 Å². The van der Waals surface area contributed by atoms with Crippen LogP contribution in [0.1, 0.15) is 33.1 Å². The molecule has 3 nitrogen and oxygen atoms in total. The van der Waals surface area contributed by atoms with Crippen molar-refractivity contribution in [1.82, 2.24) is 0 Å². The highest BCUT2D eigenvalue weighted by Gasteiger charge is 1.92. The molecule has 0 amide bonds. The van der Waals surface area contributed by atoms with E-state index >= 15 is 0 Å². The standard InChI is InChI=1S/C7H17N3/c1-7(2)5-3-4-6-9-10-8/h7H,3-6H2,1-2H3,(H2,8,9). The second-order valence-electron chi connectivity index (χ2n) is 2.87. The molecule has 0 aromatic carbocycles. The molecule has 0 heterocycles. The predicted molar refractivity (Wildman–Crippen MR) is 42.6 cm³/mol. The Morgan fingerprint density at radius 3 is 2.50 bits per heavy atom. The van der Waals surface area contributed by atoms with Crippen LogP contribution in [0.3, 0.4) is 0 Å². The zero-order chi connectivity index (χ0) is 7.82. The van der Waals surface area contributed by atoms with Gasteiger partial charge in [0.25, 0.3) is 0 Å². The van der Waals surface area contributed by atoms with Crippen molar-refractivity contribution in [3.8, 4) is 0 Å². The minimum atomic E-state index is 0.781. The molecule has 10 heavy (non-hydrogen) atoms. The number of hydrogen-bond acceptors (Lipinski definition) is 2. The lowest BCUT2D eigenvalue weighted by atomic mass is 10.1. The van der Waals surface area contributed by atoms with E-state index in [-0.39, 0.29) is 0 Å². The summed E-state index contributed by atoms with van der Waals surface area (Å²) in [4.78, 5) is 0. The first-order chi connectivity index (χ1) is 4.77. The summed E-state index contributed by atoms with van der Waals surface area (Å²) in [5.41, 5.74) is 0. The largest absolute Gasteiger partial charge is 0.305 e. The summed E-state index contributed by atoms with van der Waals surface area (Å²) in [6, 6.07) is 0. The lowest BCUT2D eigenvalue weighted by molar-refractivity contribution is 0.538. The minimum Gasteiger partial charge on any atom is -0.305 e. The third kappa shape index (κ3) is 7.40. The van der Waals surface area contributed by atoms with E-state index in [4.69, 9.17) is 5.84 Å². The third-order valence-electron chi connectivity index (χ3n) is 1.37. The van der Waals surface area contributed by atoms with Crippen molar-refractivity contribution in [3.05, 3.63) is 0 Å². The van der Waals surface area contributed by atoms with Gasteiger partial charge in [-0.25, -0.2) is 0 Å². The van der Waals surface area contributed by atoms with Crippen LogP contribution in [0.4, 0.5) is 0 Å². The van der Waals surface area contributed by atoms with E-state index in [9.17, 15) is 0 Å². The second kappa shape index (κ2) is 6.52. The smallest absolute Gasteiger partial charge is 0.0620 e. The molecule has 0 fully saturated rings. The minimum absolute atomic E-state index is 0.781. The van der Waals surface area contributed by atoms with Crippen LogP contribution < -0.4 is 5.84 Å². The molecule has 0 saturated heterocycles. The van der Waals surface area contributed by atoms with Gasteiger partial charge in [-0.15, -0.1) is 0 Å². The molecule has 0 aliphatic heterocycles. The Kier molecular flexibility index (Phi) is 6.13. The Bertz CT molecular complexity index is 88.9. The summed E-state index contributed by atoms with van der Waals surface area (Å²) < 4.78 is 0. The zero-order valence-corrected chi connectivity index (χ0v) is 6.88. The van der Waals surface area contributed by atoms with Gasteiger partial charge in [0, 0.05) is 0 Å². The average molecular weight is 143 g/mol. The fourth-order valence-electron chi connectivity index (χ4n) is 0.793. The fraction of sp³-hybridized carbons (Fsp3) is 1.00. The predicted octanol–water partition coefficient (Wildman–Crippen LogP) is 2.14. The maximum atomic E-state index is 4.83. The van der Waals surface area contributed by atoms with Crippen LogP contribution in [0.2, 0.25) is 0 Å². The van der Waals surface area contributed by atoms with Crippen molar-refractivity contribution in [1.29, 1.82) is 0 Å². The van der Waals surface area contributed by atoms with Crippen LogP contribution in [0.15, 0.2) is 10.3 Å². The van der Waals surface area contributed by atoms with Crippen LogP contribution >= 0.6 is 0 Å². The fourth-order valence-corrected chi connectivity index (χ4v) is 0.793. The van der Waals surface area contributed by atoms with Crippen molar-refractivity contribution in [2.45, 2.75) is 33.1 Å². The molecule has 0 saturated carbocycles. The monoisotopic (exact) mass is 143 g/mol. The summed E-state index contributed by atoms with van der Waals surface area (Å²) in [7, 11) is 0. The maximum absolute atomic E-state index is 4.83. The maximum Gasteiger partial charge on any atom is 0.0620 e. The summed E-state index contributed by atoms with van der Waals surface area (Å²) >= 11 is 0. The van der Waals surface area contributed by atoms with Crippen LogP contribution in [0.5, 0.6) is 0 Å². The molecule has 60 valence electrons. The number of nitrogens with zero attached hydrogens (tertiary/aromatic N) is 2. The Morgan fingerprint density at radius 2 is 2.00 bits per heavy atom. The van der Waals surface area contributed by atoms with E-state index in [1.807, 2.05) is 0 Å². The SMILES string of the molecule is CC(C)CCCCN=NN. The summed E-state index contributed by atoms with van der Waals surface area (Å²) in [5.74, 6) is 5.63. The second-order valence-corrected chi connectivity index (χ2v) is 2.87. The van der Waals surface area contributed by atoms with Gasteiger partial charge in [0.05, 0.1) is 6.54 Å². The first-order valence-corrected chi connectivity index (χ1v) is 3.84. The highest BCUT2D eigenvalue weighted by atomic mass is 15.3. The molecule has 0 spiro atoms. The third-order valence-corrected chi connectivity index (χ3v) is 1.37. The van der Waals surface area contributed by atoms with E-state index in [0.717, 1.165) is 18.9 Å². The molecule has 0 unspecified atom stereocenters. The molecular formula is C7H17N3. The van der Waals surface area contributed by atoms with Crippen molar-refractivity contribution in [2.24, 2.45) is 22.1 Å². The number of unbranched alkanes of at least 4 members (excludes halogenated alkanes) is 1. The average Bonchev–Trinajstić information content (AvgIpc) is 1.87. The molecule has 0 aliphatic rings. The van der Waals surface area contributed by atoms with Crippen molar-refractivity contribution in [3.63, 3.8) is 0 Å². The molecule has 3 heteroatoms. The molecular weight excluding hydrogens is 126 g/mol. The topological polar surface area (TPSA) is 50.7 Å². The molecule has 0 aliphatic carbocycles. The number of hydrogen-bond donors (Lipinski definition) is 1. The van der Waals surface area contributed by atoms with Gasteiger partial charge in [-0.05, 0) is 12.3 Å². The molecule has 2 N–H and O–H groups in total. The van der Waals surface area contributed by atoms with Crippen molar-refractivity contribution in [2.75, 3.05) is 6.54 Å². The highest BCUT2D eigenvalue weighted by Crippen LogP contribution is 2.05. The van der Waals surface area contributed by atoms with Gasteiger partial charge in [-0.3, -0.25) is 0 Å². The summed E-state index contributed by atoms with van der Waals surface area (Å²) in [6.07, 6.45) is 3.62. The Balaban J connectivity index is 2.91. The lowest BCUT2D eigenvalue weighted by Gasteiger charge is -2.00. The van der Waals surface area contributed by atoms with Gasteiger partial charge >= 0.3 is 0 Å². The van der Waals surface area contributed by atoms with Crippen LogP contribution in [-0.2, 0) is 0 Å². The van der Waals surface area contributed by atoms with Gasteiger partial charge in [0.1, 0.15) is 0 Å². The van der Waals surface area contributed by atoms with E-state index in [0.29, 0.717) is 0 Å². The van der Waals surface area contributed by atoms with E-state index in [1.165, 1.54) is 12.8 Å². The first-order valence-electron chi connectivity index (χ1n) is 3.84. The Labute approximate surface area is 62.7 Å². The first kappa shape index (κ1) is 9.40. The van der Waals surface area contributed by atoms with Crippen LogP contribution in [0, 0.1) is 5.92 Å². The summed E-state index contributed by atoms with van der Waals surface area (Å²) in [6.45, 7) is 5.23. The number of nitrogens with two attached hydrogens (primary N) is 1. The normalized spacial score (nSPS) is 11.5. The van der Waals surface area contributed by atoms with E-state index < -0.39 is 0 Å². The molecule has 0 radical (unpaired) electrons. The van der Waals surface area contributed by atoms with Gasteiger partial charge < -0.3 is 5.84 Å². The van der Waals surface area contributed by atoms with Gasteiger partial charge in [-0.1, -0.05) is 31.9 Å². The lowest BCUT2D eigenvalue weighted by Crippen LogP contribution is -1.89. The quantitative estimate of drug-likeness (QED) is 0.272. The Morgan fingerprint density at radius 1 is 1.30 bits per heavy atom. The highest BCUT2D eigenvalue weighted by molar-refractivity contribution is 4.47. The number of rotatable bonds is 5. The molecule has 0 aromatic heterocycles. The van der Waals surface area contributed by atoms with Gasteiger partial charge in [0.2, 0.25) is 0 Å².